The molecule has 0 heterocycles. The van der Waals surface area contributed by atoms with Crippen LogP contribution in [-0.4, -0.2) is 32.7 Å². The molecule has 4 N–H and O–H groups in total. The van der Waals surface area contributed by atoms with Gasteiger partial charge in [0.15, 0.2) is 11.5 Å². The largest absolute Gasteiger partial charge is 0.493 e. The van der Waals surface area contributed by atoms with E-state index in [2.05, 4.69) is 10.6 Å². The lowest BCUT2D eigenvalue weighted by Gasteiger charge is -2.10. The average molecular weight is 343 g/mol. The van der Waals surface area contributed by atoms with Gasteiger partial charge in [0.05, 0.1) is 14.2 Å². The zero-order chi connectivity index (χ0) is 18.2. The molecule has 2 aromatic rings. The zero-order valence-corrected chi connectivity index (χ0v) is 14.2. The molecule has 7 nitrogen and oxygen atoms in total. The van der Waals surface area contributed by atoms with E-state index in [1.807, 2.05) is 18.2 Å². The highest BCUT2D eigenvalue weighted by Gasteiger charge is 2.07. The van der Waals surface area contributed by atoms with Crippen LogP contribution in [0, 0.1) is 0 Å². The van der Waals surface area contributed by atoms with Crippen molar-refractivity contribution in [2.24, 2.45) is 5.73 Å². The maximum absolute atomic E-state index is 12.1. The Balaban J connectivity index is 1.89. The van der Waals surface area contributed by atoms with Gasteiger partial charge in [-0.05, 0) is 48.4 Å². The second-order valence-electron chi connectivity index (χ2n) is 5.26. The predicted octanol–water partition coefficient (Wildman–Crippen LogP) is 2.17. The topological polar surface area (TPSA) is 103 Å². The van der Waals surface area contributed by atoms with Crippen molar-refractivity contribution in [2.75, 3.05) is 26.1 Å². The molecule has 7 heteroatoms. The molecule has 0 saturated carbocycles. The van der Waals surface area contributed by atoms with E-state index in [0.29, 0.717) is 35.7 Å². The average Bonchev–Trinajstić information content (AvgIpc) is 2.61. The molecule has 3 amide bonds. The van der Waals surface area contributed by atoms with Crippen molar-refractivity contribution >= 4 is 17.6 Å². The summed E-state index contributed by atoms with van der Waals surface area (Å²) >= 11 is 0. The normalized spacial score (nSPS) is 10.0. The van der Waals surface area contributed by atoms with Gasteiger partial charge in [0.25, 0.3) is 5.91 Å². The molecule has 0 bridgehead atoms. The van der Waals surface area contributed by atoms with Gasteiger partial charge in [0, 0.05) is 17.8 Å². The van der Waals surface area contributed by atoms with Gasteiger partial charge in [-0.1, -0.05) is 6.07 Å². The fraction of sp³-hybridized carbons (Fsp3) is 0.222. The fourth-order valence-electron chi connectivity index (χ4n) is 2.31. The summed E-state index contributed by atoms with van der Waals surface area (Å²) in [5, 5.41) is 5.29. The monoisotopic (exact) mass is 343 g/mol. The third-order valence-electron chi connectivity index (χ3n) is 3.56. The van der Waals surface area contributed by atoms with Gasteiger partial charge in [-0.2, -0.15) is 0 Å². The molecule has 25 heavy (non-hydrogen) atoms. The van der Waals surface area contributed by atoms with Gasteiger partial charge in [-0.3, -0.25) is 4.79 Å². The minimum atomic E-state index is -0.646. The molecule has 0 radical (unpaired) electrons. The molecule has 0 fully saturated rings. The van der Waals surface area contributed by atoms with Gasteiger partial charge < -0.3 is 25.8 Å². The summed E-state index contributed by atoms with van der Waals surface area (Å²) in [5.74, 6) is 1.13. The molecule has 0 unspecified atom stereocenters. The maximum atomic E-state index is 12.1. The third-order valence-corrected chi connectivity index (χ3v) is 3.56. The van der Waals surface area contributed by atoms with Crippen LogP contribution >= 0.6 is 0 Å². The summed E-state index contributed by atoms with van der Waals surface area (Å²) in [5.41, 5.74) is 7.10. The van der Waals surface area contributed by atoms with Crippen molar-refractivity contribution in [2.45, 2.75) is 6.42 Å². The summed E-state index contributed by atoms with van der Waals surface area (Å²) in [6, 6.07) is 11.5. The van der Waals surface area contributed by atoms with Gasteiger partial charge in [-0.25, -0.2) is 4.79 Å². The second kappa shape index (κ2) is 8.58. The van der Waals surface area contributed by atoms with Crippen molar-refractivity contribution in [3.8, 4) is 11.5 Å². The van der Waals surface area contributed by atoms with Crippen LogP contribution in [0.1, 0.15) is 15.9 Å². The molecule has 0 aliphatic heterocycles. The number of anilines is 1. The highest BCUT2D eigenvalue weighted by atomic mass is 16.5. The highest BCUT2D eigenvalue weighted by Crippen LogP contribution is 2.27. The quantitative estimate of drug-likeness (QED) is 0.717. The van der Waals surface area contributed by atoms with Crippen molar-refractivity contribution < 1.29 is 19.1 Å². The van der Waals surface area contributed by atoms with Crippen LogP contribution in [-0.2, 0) is 6.42 Å². The highest BCUT2D eigenvalue weighted by molar-refractivity contribution is 5.95. The first-order valence-corrected chi connectivity index (χ1v) is 7.69. The summed E-state index contributed by atoms with van der Waals surface area (Å²) in [6.45, 7) is 0.482. The number of carbonyl (C=O) groups excluding carboxylic acids is 2. The number of benzene rings is 2. The molecule has 0 aliphatic rings. The third kappa shape index (κ3) is 5.13. The minimum absolute atomic E-state index is 0.189. The number of amides is 3. The first kappa shape index (κ1) is 18.1. The Morgan fingerprint density at radius 1 is 1.00 bits per heavy atom. The lowest BCUT2D eigenvalue weighted by atomic mass is 10.1. The molecule has 0 aliphatic carbocycles. The Morgan fingerprint density at radius 2 is 1.68 bits per heavy atom. The summed E-state index contributed by atoms with van der Waals surface area (Å²) in [6.07, 6.45) is 0.660. The number of carbonyl (C=O) groups is 2. The Hall–Kier alpha value is -3.22. The smallest absolute Gasteiger partial charge is 0.316 e. The van der Waals surface area contributed by atoms with E-state index in [1.165, 1.54) is 0 Å². The zero-order valence-electron chi connectivity index (χ0n) is 14.2. The van der Waals surface area contributed by atoms with Crippen molar-refractivity contribution in [1.29, 1.82) is 0 Å². The Labute approximate surface area is 146 Å². The van der Waals surface area contributed by atoms with E-state index >= 15 is 0 Å². The number of nitrogens with one attached hydrogen (secondary N) is 2. The van der Waals surface area contributed by atoms with Crippen LogP contribution in [0.3, 0.4) is 0 Å². The molecule has 0 saturated heterocycles. The molecule has 0 atom stereocenters. The Bertz CT molecular complexity index is 744. The molecule has 0 aromatic heterocycles. The number of urea groups is 1. The first-order valence-electron chi connectivity index (χ1n) is 7.69. The van der Waals surface area contributed by atoms with E-state index in [4.69, 9.17) is 15.2 Å². The second-order valence-corrected chi connectivity index (χ2v) is 5.26. The molecule has 2 rings (SSSR count). The first-order chi connectivity index (χ1) is 12.0. The summed E-state index contributed by atoms with van der Waals surface area (Å²) in [4.78, 5) is 22.9. The molecular weight excluding hydrogens is 322 g/mol. The number of nitrogens with two attached hydrogens (primary N) is 1. The van der Waals surface area contributed by atoms with E-state index in [1.54, 1.807) is 38.5 Å². The van der Waals surface area contributed by atoms with Crippen molar-refractivity contribution in [1.82, 2.24) is 5.32 Å². The van der Waals surface area contributed by atoms with Crippen LogP contribution < -0.4 is 25.8 Å². The molecular formula is C18H21N3O4. The Kier molecular flexibility index (Phi) is 6.22. The van der Waals surface area contributed by atoms with Crippen LogP contribution in [0.2, 0.25) is 0 Å². The number of hydrogen-bond acceptors (Lipinski definition) is 4. The van der Waals surface area contributed by atoms with E-state index in [9.17, 15) is 9.59 Å². The summed E-state index contributed by atoms with van der Waals surface area (Å²) in [7, 11) is 3.17. The number of rotatable bonds is 7. The lowest BCUT2D eigenvalue weighted by molar-refractivity contribution is 0.0954. The molecule has 132 valence electrons. The van der Waals surface area contributed by atoms with Crippen LogP contribution in [0.5, 0.6) is 11.5 Å². The van der Waals surface area contributed by atoms with Gasteiger partial charge in [-0.15, -0.1) is 0 Å². The van der Waals surface area contributed by atoms with Gasteiger partial charge >= 0.3 is 6.03 Å². The molecule has 2 aromatic carbocycles. The summed E-state index contributed by atoms with van der Waals surface area (Å²) < 4.78 is 10.5. The fourth-order valence-corrected chi connectivity index (χ4v) is 2.31. The van der Waals surface area contributed by atoms with Gasteiger partial charge in [0.1, 0.15) is 0 Å². The van der Waals surface area contributed by atoms with Crippen molar-refractivity contribution in [3.63, 3.8) is 0 Å². The number of ether oxygens (including phenoxy) is 2. The van der Waals surface area contributed by atoms with Crippen LogP contribution in [0.15, 0.2) is 42.5 Å². The molecule has 0 spiro atoms. The maximum Gasteiger partial charge on any atom is 0.316 e. The SMILES string of the molecule is COc1ccc(CCNC(=O)c2ccc(NC(N)=O)cc2)cc1OC. The Morgan fingerprint density at radius 3 is 2.28 bits per heavy atom. The minimum Gasteiger partial charge on any atom is -0.493 e. The lowest BCUT2D eigenvalue weighted by Crippen LogP contribution is -2.25. The van der Waals surface area contributed by atoms with Crippen LogP contribution in [0.4, 0.5) is 10.5 Å². The van der Waals surface area contributed by atoms with Crippen LogP contribution in [0.25, 0.3) is 0 Å². The number of methoxy groups -OCH3 is 2. The number of primary amides is 1. The van der Waals surface area contributed by atoms with Gasteiger partial charge in [0.2, 0.25) is 0 Å². The van der Waals surface area contributed by atoms with Crippen molar-refractivity contribution in [3.05, 3.63) is 53.6 Å². The van der Waals surface area contributed by atoms with E-state index in [-0.39, 0.29) is 5.91 Å². The predicted molar refractivity (Wildman–Crippen MR) is 95.2 cm³/mol. The van der Waals surface area contributed by atoms with E-state index < -0.39 is 6.03 Å². The standard InChI is InChI=1S/C18H21N3O4/c1-24-15-8-3-12(11-16(15)25-2)9-10-20-17(22)13-4-6-14(7-5-13)21-18(19)23/h3-8,11H,9-10H2,1-2H3,(H,20,22)(H3,19,21,23). The number of hydrogen-bond donors (Lipinski definition) is 3. The van der Waals surface area contributed by atoms with E-state index in [0.717, 1.165) is 5.56 Å².